The molecule has 1 aromatic heterocycles. The molecule has 4 heteroatoms. The highest BCUT2D eigenvalue weighted by atomic mass is 16.6. The minimum absolute atomic E-state index is 0.0412. The monoisotopic (exact) mass is 246 g/mol. The molecule has 4 nitrogen and oxygen atoms in total. The van der Waals surface area contributed by atoms with E-state index in [2.05, 4.69) is 0 Å². The summed E-state index contributed by atoms with van der Waals surface area (Å²) in [6.45, 7) is 3.68. The second-order valence-electron chi connectivity index (χ2n) is 5.14. The third-order valence-corrected chi connectivity index (χ3v) is 4.05. The lowest BCUT2D eigenvalue weighted by atomic mass is 9.68. The molecule has 0 unspecified atom stereocenters. The number of allylic oxidation sites excluding steroid dienone is 1. The van der Waals surface area contributed by atoms with Gasteiger partial charge >= 0.3 is 5.97 Å². The Bertz CT molecular complexity index is 552. The lowest BCUT2D eigenvalue weighted by Crippen LogP contribution is -2.29. The summed E-state index contributed by atoms with van der Waals surface area (Å²) in [6.07, 6.45) is 2.22. The molecule has 0 N–H and O–H groups in total. The van der Waals surface area contributed by atoms with Crippen molar-refractivity contribution in [3.63, 3.8) is 0 Å². The van der Waals surface area contributed by atoms with E-state index >= 15 is 0 Å². The Labute approximate surface area is 105 Å². The number of Topliss-reactive ketones (excluding diaryl/α,β-unsaturated/α-hetero) is 1. The van der Waals surface area contributed by atoms with Gasteiger partial charge in [-0.2, -0.15) is 0 Å². The highest BCUT2D eigenvalue weighted by Gasteiger charge is 2.55. The normalized spacial score (nSPS) is 31.6. The number of rotatable bonds is 1. The van der Waals surface area contributed by atoms with E-state index in [1.165, 1.54) is 0 Å². The van der Waals surface area contributed by atoms with E-state index in [9.17, 15) is 9.59 Å². The van der Waals surface area contributed by atoms with Gasteiger partial charge in [-0.25, -0.2) is 4.79 Å². The topological polar surface area (TPSA) is 56.5 Å². The zero-order valence-electron chi connectivity index (χ0n) is 10.4. The largest absolute Gasteiger partial charge is 0.465 e. The van der Waals surface area contributed by atoms with Crippen molar-refractivity contribution in [3.05, 3.63) is 35.3 Å². The Morgan fingerprint density at radius 3 is 2.83 bits per heavy atom. The van der Waals surface area contributed by atoms with Gasteiger partial charge in [0.25, 0.3) is 0 Å². The second kappa shape index (κ2) is 3.57. The Kier molecular flexibility index (Phi) is 2.24. The molecule has 1 aliphatic carbocycles. The molecular formula is C14H14O4. The van der Waals surface area contributed by atoms with Gasteiger partial charge < -0.3 is 9.15 Å². The van der Waals surface area contributed by atoms with Crippen LogP contribution in [0.25, 0.3) is 0 Å². The quantitative estimate of drug-likeness (QED) is 0.714. The first-order valence-corrected chi connectivity index (χ1v) is 6.03. The first kappa shape index (κ1) is 11.3. The number of fused-ring (bicyclic) bond motifs is 1. The number of hydrogen-bond donors (Lipinski definition) is 0. The van der Waals surface area contributed by atoms with Gasteiger partial charge in [0.05, 0.1) is 11.8 Å². The van der Waals surface area contributed by atoms with E-state index in [-0.39, 0.29) is 11.8 Å². The van der Waals surface area contributed by atoms with Crippen molar-refractivity contribution in [1.29, 1.82) is 0 Å². The van der Waals surface area contributed by atoms with Crippen molar-refractivity contribution in [2.24, 2.45) is 5.41 Å². The van der Waals surface area contributed by atoms with Crippen LogP contribution >= 0.6 is 0 Å². The van der Waals surface area contributed by atoms with Crippen LogP contribution in [0.3, 0.4) is 0 Å². The van der Waals surface area contributed by atoms with Gasteiger partial charge in [-0.05, 0) is 25.5 Å². The predicted octanol–water partition coefficient (Wildman–Crippen LogP) is 2.56. The van der Waals surface area contributed by atoms with Crippen LogP contribution in [-0.4, -0.2) is 11.8 Å². The molecule has 0 radical (unpaired) electrons. The molecule has 94 valence electrons. The Morgan fingerprint density at radius 2 is 2.17 bits per heavy atom. The summed E-state index contributed by atoms with van der Waals surface area (Å²) in [5.41, 5.74) is 0.621. The summed E-state index contributed by atoms with van der Waals surface area (Å²) in [5, 5.41) is 0. The minimum Gasteiger partial charge on any atom is -0.465 e. The molecular weight excluding hydrogens is 232 g/mol. The summed E-state index contributed by atoms with van der Waals surface area (Å²) in [6, 6.07) is 3.58. The molecule has 0 bridgehead atoms. The van der Waals surface area contributed by atoms with Crippen LogP contribution in [0.1, 0.15) is 38.6 Å². The van der Waals surface area contributed by atoms with Crippen molar-refractivity contribution < 1.29 is 18.7 Å². The first-order valence-electron chi connectivity index (χ1n) is 6.03. The Balaban J connectivity index is 2.14. The number of cyclic esters (lactones) is 1. The van der Waals surface area contributed by atoms with Crippen LogP contribution in [0.15, 0.2) is 34.0 Å². The predicted molar refractivity (Wildman–Crippen MR) is 62.6 cm³/mol. The molecule has 2 aliphatic rings. The van der Waals surface area contributed by atoms with E-state index in [0.29, 0.717) is 29.7 Å². The standard InChI is InChI=1S/C14H14O4/c1-8-9(15)5-6-14(2)11(8)13(16)18-12(14)10-4-3-7-17-10/h3-4,7,12H,5-6H2,1-2H3/t12-,14+/m0/s1. The second-order valence-corrected chi connectivity index (χ2v) is 5.14. The zero-order valence-corrected chi connectivity index (χ0v) is 10.4. The zero-order chi connectivity index (χ0) is 12.9. The van der Waals surface area contributed by atoms with Gasteiger partial charge in [0.15, 0.2) is 11.9 Å². The molecule has 1 saturated heterocycles. The number of ketones is 1. The number of esters is 1. The lowest BCUT2D eigenvalue weighted by Gasteiger charge is -2.31. The highest BCUT2D eigenvalue weighted by Crippen LogP contribution is 2.55. The smallest absolute Gasteiger partial charge is 0.335 e. The van der Waals surface area contributed by atoms with E-state index in [1.807, 2.05) is 6.92 Å². The third kappa shape index (κ3) is 1.32. The molecule has 0 amide bonds. The number of carbonyl (C=O) groups is 2. The highest BCUT2D eigenvalue weighted by molar-refractivity contribution is 6.06. The van der Waals surface area contributed by atoms with Crippen LogP contribution in [0.4, 0.5) is 0 Å². The molecule has 18 heavy (non-hydrogen) atoms. The summed E-state index contributed by atoms with van der Waals surface area (Å²) in [5.74, 6) is 0.298. The van der Waals surface area contributed by atoms with Crippen molar-refractivity contribution in [3.8, 4) is 0 Å². The van der Waals surface area contributed by atoms with Gasteiger partial charge in [-0.1, -0.05) is 6.92 Å². The third-order valence-electron chi connectivity index (χ3n) is 4.05. The van der Waals surface area contributed by atoms with Crippen molar-refractivity contribution in [2.45, 2.75) is 32.8 Å². The SMILES string of the molecule is CC1=C2C(=O)O[C@@H](c3ccco3)[C@]2(C)CCC1=O. The summed E-state index contributed by atoms with van der Waals surface area (Å²) >= 11 is 0. The number of furan rings is 1. The Morgan fingerprint density at radius 1 is 1.39 bits per heavy atom. The van der Waals surface area contributed by atoms with Crippen LogP contribution in [-0.2, 0) is 14.3 Å². The molecule has 0 aromatic carbocycles. The molecule has 1 aromatic rings. The van der Waals surface area contributed by atoms with Crippen molar-refractivity contribution in [2.75, 3.05) is 0 Å². The minimum atomic E-state index is -0.451. The summed E-state index contributed by atoms with van der Waals surface area (Å²) < 4.78 is 10.8. The van der Waals surface area contributed by atoms with E-state index < -0.39 is 11.5 Å². The fraction of sp³-hybridized carbons (Fsp3) is 0.429. The molecule has 2 heterocycles. The van der Waals surface area contributed by atoms with Crippen LogP contribution < -0.4 is 0 Å². The lowest BCUT2D eigenvalue weighted by molar-refractivity contribution is -0.141. The van der Waals surface area contributed by atoms with Gasteiger partial charge in [-0.15, -0.1) is 0 Å². The molecule has 3 rings (SSSR count). The number of carbonyl (C=O) groups excluding carboxylic acids is 2. The molecule has 1 aliphatic heterocycles. The first-order chi connectivity index (χ1) is 8.54. The maximum absolute atomic E-state index is 12.0. The van der Waals surface area contributed by atoms with Gasteiger partial charge in [-0.3, -0.25) is 4.79 Å². The number of ether oxygens (including phenoxy) is 1. The molecule has 2 atom stereocenters. The average Bonchev–Trinajstić information content (AvgIpc) is 2.92. The van der Waals surface area contributed by atoms with E-state index in [1.54, 1.807) is 25.3 Å². The van der Waals surface area contributed by atoms with Gasteiger partial charge in [0.2, 0.25) is 0 Å². The molecule has 0 spiro atoms. The van der Waals surface area contributed by atoms with Crippen molar-refractivity contribution >= 4 is 11.8 Å². The van der Waals surface area contributed by atoms with Gasteiger partial charge in [0, 0.05) is 17.4 Å². The van der Waals surface area contributed by atoms with Crippen LogP contribution in [0.2, 0.25) is 0 Å². The molecule has 1 fully saturated rings. The summed E-state index contributed by atoms with van der Waals surface area (Å²) in [7, 11) is 0. The van der Waals surface area contributed by atoms with E-state index in [4.69, 9.17) is 9.15 Å². The van der Waals surface area contributed by atoms with Crippen molar-refractivity contribution in [1.82, 2.24) is 0 Å². The fourth-order valence-corrected chi connectivity index (χ4v) is 3.01. The average molecular weight is 246 g/mol. The maximum atomic E-state index is 12.0. The van der Waals surface area contributed by atoms with Gasteiger partial charge in [0.1, 0.15) is 5.76 Å². The van der Waals surface area contributed by atoms with E-state index in [0.717, 1.165) is 0 Å². The fourth-order valence-electron chi connectivity index (χ4n) is 3.01. The summed E-state index contributed by atoms with van der Waals surface area (Å²) in [4.78, 5) is 23.7. The van der Waals surface area contributed by atoms with Crippen LogP contribution in [0.5, 0.6) is 0 Å². The maximum Gasteiger partial charge on any atom is 0.335 e. The Hall–Kier alpha value is -1.84. The van der Waals surface area contributed by atoms with Crippen LogP contribution in [0, 0.1) is 5.41 Å². The molecule has 0 saturated carbocycles. The number of hydrogen-bond acceptors (Lipinski definition) is 4.